The Kier molecular flexibility index (Phi) is 12.3. The number of aromatic nitrogens is 2. The van der Waals surface area contributed by atoms with Crippen LogP contribution < -0.4 is 10.6 Å². The van der Waals surface area contributed by atoms with Crippen molar-refractivity contribution in [2.24, 2.45) is 4.99 Å². The molecule has 8 nitrogen and oxygen atoms in total. The molecule has 1 aromatic heterocycles. The zero-order valence-electron chi connectivity index (χ0n) is 17.1. The summed E-state index contributed by atoms with van der Waals surface area (Å²) in [5.41, 5.74) is 1.06. The quantitative estimate of drug-likeness (QED) is 0.187. The van der Waals surface area contributed by atoms with Crippen LogP contribution in [0, 0.1) is 0 Å². The summed E-state index contributed by atoms with van der Waals surface area (Å²) in [6, 6.07) is 9.47. The fraction of sp³-hybridized carbons (Fsp3) is 0.474. The van der Waals surface area contributed by atoms with Gasteiger partial charge in [0.15, 0.2) is 5.96 Å². The Morgan fingerprint density at radius 3 is 2.60 bits per heavy atom. The van der Waals surface area contributed by atoms with Gasteiger partial charge in [0.1, 0.15) is 9.84 Å². The molecule has 0 aliphatic heterocycles. The molecule has 1 atom stereocenters. The molecule has 0 radical (unpaired) electrons. The lowest BCUT2D eigenvalue weighted by Crippen LogP contribution is -2.39. The van der Waals surface area contributed by atoms with E-state index in [0.29, 0.717) is 37.2 Å². The number of aliphatic imine (C=N–C) groups is 1. The Labute approximate surface area is 200 Å². The Bertz CT molecular complexity index is 861. The predicted molar refractivity (Wildman–Crippen MR) is 132 cm³/mol. The van der Waals surface area contributed by atoms with Gasteiger partial charge < -0.3 is 15.4 Å². The van der Waals surface area contributed by atoms with Gasteiger partial charge in [-0.3, -0.25) is 9.67 Å². The molecule has 168 valence electrons. The van der Waals surface area contributed by atoms with Gasteiger partial charge in [-0.05, 0) is 30.7 Å². The van der Waals surface area contributed by atoms with Crippen molar-refractivity contribution in [3.63, 3.8) is 0 Å². The van der Waals surface area contributed by atoms with Crippen LogP contribution in [0.25, 0.3) is 0 Å². The average Bonchev–Trinajstić information content (AvgIpc) is 3.19. The Hall–Kier alpha value is -1.37. The molecule has 0 aliphatic rings. The van der Waals surface area contributed by atoms with Crippen LogP contribution >= 0.6 is 35.6 Å². The maximum atomic E-state index is 11.1. The fourth-order valence-corrected chi connectivity index (χ4v) is 3.11. The first-order chi connectivity index (χ1) is 13.9. The zero-order valence-corrected chi connectivity index (χ0v) is 21.0. The lowest BCUT2D eigenvalue weighted by Gasteiger charge is -2.18. The standard InChI is InChI=1S/C19H28ClN5O3S.HI/c1-3-21-19(22-10-12-28-13-14-29(2,26)27)23-15-18(25-11-4-9-24-25)16-5-7-17(20)8-6-16;/h4-9,11,18H,3,10,12-15H2,1-2H3,(H2,21,22,23);1H. The van der Waals surface area contributed by atoms with E-state index in [9.17, 15) is 8.42 Å². The lowest BCUT2D eigenvalue weighted by atomic mass is 10.1. The van der Waals surface area contributed by atoms with Crippen molar-refractivity contribution in [3.05, 3.63) is 53.3 Å². The molecule has 2 rings (SSSR count). The molecule has 1 unspecified atom stereocenters. The second-order valence-electron chi connectivity index (χ2n) is 6.44. The molecule has 0 saturated carbocycles. The van der Waals surface area contributed by atoms with Crippen molar-refractivity contribution in [1.29, 1.82) is 0 Å². The largest absolute Gasteiger partial charge is 0.379 e. The molecule has 0 spiro atoms. The van der Waals surface area contributed by atoms with E-state index < -0.39 is 9.84 Å². The number of hydrogen-bond donors (Lipinski definition) is 2. The number of guanidine groups is 1. The first-order valence-electron chi connectivity index (χ1n) is 9.41. The molecule has 1 heterocycles. The highest BCUT2D eigenvalue weighted by molar-refractivity contribution is 14.0. The summed E-state index contributed by atoms with van der Waals surface area (Å²) >= 11 is 6.01. The first kappa shape index (κ1) is 26.7. The van der Waals surface area contributed by atoms with Gasteiger partial charge in [-0.2, -0.15) is 5.10 Å². The average molecular weight is 570 g/mol. The normalized spacial score (nSPS) is 12.8. The van der Waals surface area contributed by atoms with Gasteiger partial charge in [0.05, 0.1) is 31.6 Å². The zero-order chi connectivity index (χ0) is 21.1. The third-order valence-electron chi connectivity index (χ3n) is 4.00. The Morgan fingerprint density at radius 2 is 2.00 bits per heavy atom. The minimum absolute atomic E-state index is 0. The predicted octanol–water partition coefficient (Wildman–Crippen LogP) is 2.36. The van der Waals surface area contributed by atoms with Crippen LogP contribution in [0.4, 0.5) is 0 Å². The van der Waals surface area contributed by atoms with Crippen molar-refractivity contribution < 1.29 is 13.2 Å². The van der Waals surface area contributed by atoms with Crippen molar-refractivity contribution in [1.82, 2.24) is 20.4 Å². The summed E-state index contributed by atoms with van der Waals surface area (Å²) in [6.45, 7) is 4.28. The van der Waals surface area contributed by atoms with Crippen LogP contribution in [0.5, 0.6) is 0 Å². The van der Waals surface area contributed by atoms with E-state index in [1.54, 1.807) is 6.20 Å². The maximum absolute atomic E-state index is 11.1. The van der Waals surface area contributed by atoms with E-state index in [0.717, 1.165) is 5.56 Å². The minimum Gasteiger partial charge on any atom is -0.379 e. The summed E-state index contributed by atoms with van der Waals surface area (Å²) in [4.78, 5) is 4.67. The van der Waals surface area contributed by atoms with Crippen molar-refractivity contribution in [3.8, 4) is 0 Å². The molecular weight excluding hydrogens is 541 g/mol. The van der Waals surface area contributed by atoms with Crippen molar-refractivity contribution in [2.45, 2.75) is 13.0 Å². The second kappa shape index (κ2) is 13.8. The number of halogens is 2. The van der Waals surface area contributed by atoms with Crippen LogP contribution in [0.15, 0.2) is 47.7 Å². The van der Waals surface area contributed by atoms with Crippen LogP contribution in [0.3, 0.4) is 0 Å². The van der Waals surface area contributed by atoms with E-state index in [2.05, 4.69) is 20.7 Å². The molecule has 2 N–H and O–H groups in total. The molecule has 11 heteroatoms. The Balaban J connectivity index is 0.00000450. The summed E-state index contributed by atoms with van der Waals surface area (Å²) in [6.07, 6.45) is 4.84. The number of sulfone groups is 1. The molecule has 30 heavy (non-hydrogen) atoms. The lowest BCUT2D eigenvalue weighted by molar-refractivity contribution is 0.154. The van der Waals surface area contributed by atoms with Crippen LogP contribution in [0.2, 0.25) is 5.02 Å². The SMILES string of the molecule is CCNC(=NCC(c1ccc(Cl)cc1)n1cccn1)NCCOCCS(C)(=O)=O.I. The smallest absolute Gasteiger partial charge is 0.191 e. The molecular formula is C19H29ClIN5O3S. The van der Waals surface area contributed by atoms with Crippen molar-refractivity contribution >= 4 is 51.4 Å². The van der Waals surface area contributed by atoms with Crippen LogP contribution in [-0.2, 0) is 14.6 Å². The van der Waals surface area contributed by atoms with E-state index >= 15 is 0 Å². The van der Waals surface area contributed by atoms with E-state index in [-0.39, 0.29) is 42.4 Å². The van der Waals surface area contributed by atoms with Crippen LogP contribution in [0.1, 0.15) is 18.5 Å². The van der Waals surface area contributed by atoms with Crippen LogP contribution in [-0.4, -0.2) is 69.0 Å². The molecule has 2 aromatic rings. The molecule has 0 fully saturated rings. The van der Waals surface area contributed by atoms with Gasteiger partial charge in [0.25, 0.3) is 0 Å². The number of nitrogens with one attached hydrogen (secondary N) is 2. The number of ether oxygens (including phenoxy) is 1. The van der Waals surface area contributed by atoms with Gasteiger partial charge in [-0.25, -0.2) is 8.42 Å². The first-order valence-corrected chi connectivity index (χ1v) is 11.8. The molecule has 0 amide bonds. The summed E-state index contributed by atoms with van der Waals surface area (Å²) in [7, 11) is -3.00. The van der Waals surface area contributed by atoms with E-state index in [4.69, 9.17) is 16.3 Å². The summed E-state index contributed by atoms with van der Waals surface area (Å²) < 4.78 is 29.4. The van der Waals surface area contributed by atoms with Gasteiger partial charge >= 0.3 is 0 Å². The summed E-state index contributed by atoms with van der Waals surface area (Å²) in [5, 5.41) is 11.4. The highest BCUT2D eigenvalue weighted by Crippen LogP contribution is 2.20. The van der Waals surface area contributed by atoms with Gasteiger partial charge in [-0.15, -0.1) is 24.0 Å². The number of rotatable bonds is 11. The topological polar surface area (TPSA) is 97.6 Å². The van der Waals surface area contributed by atoms with E-state index in [1.807, 2.05) is 48.1 Å². The third kappa shape index (κ3) is 10.1. The van der Waals surface area contributed by atoms with Gasteiger partial charge in [0.2, 0.25) is 0 Å². The number of hydrogen-bond acceptors (Lipinski definition) is 5. The van der Waals surface area contributed by atoms with Crippen molar-refractivity contribution in [2.75, 3.05) is 44.9 Å². The van der Waals surface area contributed by atoms with Gasteiger partial charge in [-0.1, -0.05) is 23.7 Å². The minimum atomic E-state index is -3.00. The van der Waals surface area contributed by atoms with E-state index in [1.165, 1.54) is 6.26 Å². The number of benzene rings is 1. The Morgan fingerprint density at radius 1 is 1.27 bits per heavy atom. The third-order valence-corrected chi connectivity index (χ3v) is 5.16. The summed E-state index contributed by atoms with van der Waals surface area (Å²) in [5.74, 6) is 0.679. The monoisotopic (exact) mass is 569 g/mol. The maximum Gasteiger partial charge on any atom is 0.191 e. The number of nitrogens with zero attached hydrogens (tertiary/aromatic N) is 3. The molecule has 0 aliphatic carbocycles. The molecule has 0 saturated heterocycles. The van der Waals surface area contributed by atoms with Gasteiger partial charge in [0, 0.05) is 36.8 Å². The highest BCUT2D eigenvalue weighted by Gasteiger charge is 2.14. The second-order valence-corrected chi connectivity index (χ2v) is 9.14. The molecule has 1 aromatic carbocycles. The molecule has 0 bridgehead atoms. The fourth-order valence-electron chi connectivity index (χ4n) is 2.57. The highest BCUT2D eigenvalue weighted by atomic mass is 127.